The molecule has 4 rings (SSSR count). The number of fused-ring (bicyclic) bond motifs is 1. The molecule has 0 aliphatic carbocycles. The van der Waals surface area contributed by atoms with Crippen molar-refractivity contribution in [3.05, 3.63) is 82.0 Å². The molecule has 0 atom stereocenters. The average molecular weight is 382 g/mol. The first kappa shape index (κ1) is 17.5. The maximum Gasteiger partial charge on any atom is 0.261 e. The van der Waals surface area contributed by atoms with Gasteiger partial charge in [-0.2, -0.15) is 4.98 Å². The number of pyridine rings is 1. The van der Waals surface area contributed by atoms with Crippen LogP contribution in [-0.4, -0.2) is 21.0 Å². The molecule has 2 aromatic carbocycles. The molecule has 7 nitrogen and oxygen atoms in total. The van der Waals surface area contributed by atoms with E-state index >= 15 is 0 Å². The number of carbonyl (C=O) groups is 1. The van der Waals surface area contributed by atoms with Crippen molar-refractivity contribution in [1.82, 2.24) is 20.4 Å². The predicted molar refractivity (Wildman–Crippen MR) is 95.4 cm³/mol. The number of H-pyrrole nitrogens is 1. The van der Waals surface area contributed by atoms with Crippen LogP contribution in [0.15, 0.2) is 57.8 Å². The molecule has 0 saturated heterocycles. The minimum atomic E-state index is -0.645. The fourth-order valence-electron chi connectivity index (χ4n) is 2.64. The Kier molecular flexibility index (Phi) is 4.40. The van der Waals surface area contributed by atoms with Crippen LogP contribution in [0.4, 0.5) is 8.78 Å². The van der Waals surface area contributed by atoms with Gasteiger partial charge in [-0.1, -0.05) is 5.16 Å². The van der Waals surface area contributed by atoms with Crippen molar-refractivity contribution in [2.75, 3.05) is 0 Å². The standard InChI is InChI=1S/C19H12F2N4O3/c20-12-4-1-10(2-5-12)17-24-16(28-25-17)9-22-18(26)14-7-11-3-6-13(21)8-15(11)23-19(14)27/h1-8H,9H2,(H,22,26)(H,23,27). The molecule has 0 bridgehead atoms. The van der Waals surface area contributed by atoms with E-state index < -0.39 is 17.3 Å². The van der Waals surface area contributed by atoms with Gasteiger partial charge in [0.15, 0.2) is 0 Å². The van der Waals surface area contributed by atoms with E-state index in [0.29, 0.717) is 16.5 Å². The van der Waals surface area contributed by atoms with Crippen LogP contribution in [-0.2, 0) is 6.54 Å². The van der Waals surface area contributed by atoms with Gasteiger partial charge in [-0.15, -0.1) is 0 Å². The molecule has 0 radical (unpaired) electrons. The first-order chi connectivity index (χ1) is 13.5. The van der Waals surface area contributed by atoms with Crippen molar-refractivity contribution >= 4 is 16.8 Å². The Hall–Kier alpha value is -3.88. The maximum atomic E-state index is 13.2. The number of rotatable bonds is 4. The summed E-state index contributed by atoms with van der Waals surface area (Å²) < 4.78 is 31.3. The Morgan fingerprint density at radius 1 is 1.07 bits per heavy atom. The molecule has 1 amide bonds. The largest absolute Gasteiger partial charge is 0.343 e. The molecule has 0 fully saturated rings. The minimum Gasteiger partial charge on any atom is -0.343 e. The molecule has 2 aromatic heterocycles. The summed E-state index contributed by atoms with van der Waals surface area (Å²) in [7, 11) is 0. The van der Waals surface area contributed by atoms with Crippen LogP contribution in [0.3, 0.4) is 0 Å². The molecule has 0 aliphatic heterocycles. The zero-order valence-corrected chi connectivity index (χ0v) is 14.2. The van der Waals surface area contributed by atoms with Gasteiger partial charge < -0.3 is 14.8 Å². The summed E-state index contributed by atoms with van der Waals surface area (Å²) in [6.45, 7) is -0.103. The lowest BCUT2D eigenvalue weighted by molar-refractivity contribution is 0.0945. The second-order valence-electron chi connectivity index (χ2n) is 5.95. The molecule has 2 heterocycles. The molecular weight excluding hydrogens is 370 g/mol. The fourth-order valence-corrected chi connectivity index (χ4v) is 2.64. The van der Waals surface area contributed by atoms with E-state index in [-0.39, 0.29) is 29.6 Å². The van der Waals surface area contributed by atoms with E-state index in [1.165, 1.54) is 48.5 Å². The highest BCUT2D eigenvalue weighted by molar-refractivity contribution is 5.97. The van der Waals surface area contributed by atoms with Gasteiger partial charge in [-0.3, -0.25) is 9.59 Å². The molecule has 0 spiro atoms. The van der Waals surface area contributed by atoms with Crippen molar-refractivity contribution in [3.8, 4) is 11.4 Å². The molecule has 4 aromatic rings. The van der Waals surface area contributed by atoms with Gasteiger partial charge in [0.1, 0.15) is 17.2 Å². The number of amides is 1. The summed E-state index contributed by atoms with van der Waals surface area (Å²) in [5.41, 5.74) is 0.0776. The van der Waals surface area contributed by atoms with Gasteiger partial charge >= 0.3 is 0 Å². The quantitative estimate of drug-likeness (QED) is 0.565. The van der Waals surface area contributed by atoms with E-state index in [4.69, 9.17) is 4.52 Å². The Balaban J connectivity index is 1.50. The van der Waals surface area contributed by atoms with E-state index in [9.17, 15) is 18.4 Å². The van der Waals surface area contributed by atoms with Gasteiger partial charge in [0.05, 0.1) is 12.1 Å². The molecule has 0 aliphatic rings. The maximum absolute atomic E-state index is 13.2. The number of benzene rings is 2. The minimum absolute atomic E-state index is 0.103. The SMILES string of the molecule is O=C(NCc1nc(-c2ccc(F)cc2)no1)c1cc2ccc(F)cc2[nH]c1=O. The Morgan fingerprint density at radius 2 is 1.82 bits per heavy atom. The summed E-state index contributed by atoms with van der Waals surface area (Å²) in [6, 6.07) is 10.8. The monoisotopic (exact) mass is 382 g/mol. The van der Waals surface area contributed by atoms with Crippen LogP contribution in [0.2, 0.25) is 0 Å². The second-order valence-corrected chi connectivity index (χ2v) is 5.95. The third kappa shape index (κ3) is 3.50. The number of aromatic amines is 1. The van der Waals surface area contributed by atoms with E-state index in [1.54, 1.807) is 0 Å². The zero-order valence-electron chi connectivity index (χ0n) is 14.2. The van der Waals surface area contributed by atoms with Crippen molar-refractivity contribution in [2.24, 2.45) is 0 Å². The number of carbonyl (C=O) groups excluding carboxylic acids is 1. The van der Waals surface area contributed by atoms with Crippen LogP contribution in [0.5, 0.6) is 0 Å². The van der Waals surface area contributed by atoms with Crippen molar-refractivity contribution in [1.29, 1.82) is 0 Å². The highest BCUT2D eigenvalue weighted by atomic mass is 19.1. The van der Waals surface area contributed by atoms with Gasteiger partial charge in [0, 0.05) is 5.56 Å². The summed E-state index contributed by atoms with van der Waals surface area (Å²) >= 11 is 0. The Labute approximate surface area is 156 Å². The topological polar surface area (TPSA) is 101 Å². The first-order valence-corrected chi connectivity index (χ1v) is 8.19. The number of aromatic nitrogens is 3. The molecule has 2 N–H and O–H groups in total. The van der Waals surface area contributed by atoms with Crippen LogP contribution < -0.4 is 10.9 Å². The lowest BCUT2D eigenvalue weighted by Gasteiger charge is -2.04. The lowest BCUT2D eigenvalue weighted by Crippen LogP contribution is -2.29. The van der Waals surface area contributed by atoms with E-state index in [1.807, 2.05) is 0 Å². The van der Waals surface area contributed by atoms with E-state index in [2.05, 4.69) is 20.4 Å². The fraction of sp³-hybridized carbons (Fsp3) is 0.0526. The molecule has 9 heteroatoms. The molecule has 28 heavy (non-hydrogen) atoms. The second kappa shape index (κ2) is 7.03. The third-order valence-corrected chi connectivity index (χ3v) is 4.02. The van der Waals surface area contributed by atoms with Crippen LogP contribution >= 0.6 is 0 Å². The number of nitrogens with one attached hydrogen (secondary N) is 2. The van der Waals surface area contributed by atoms with Gasteiger partial charge in [-0.25, -0.2) is 8.78 Å². The van der Waals surface area contributed by atoms with Crippen LogP contribution in [0.1, 0.15) is 16.2 Å². The number of halogens is 2. The summed E-state index contributed by atoms with van der Waals surface area (Å²) in [5, 5.41) is 6.80. The van der Waals surface area contributed by atoms with Crippen molar-refractivity contribution < 1.29 is 18.1 Å². The molecule has 0 unspecified atom stereocenters. The number of nitrogens with zero attached hydrogens (tertiary/aromatic N) is 2. The molecule has 140 valence electrons. The smallest absolute Gasteiger partial charge is 0.261 e. The average Bonchev–Trinajstić information content (AvgIpc) is 3.15. The lowest BCUT2D eigenvalue weighted by atomic mass is 10.1. The Bertz CT molecular complexity index is 1230. The molecule has 0 saturated carbocycles. The normalized spacial score (nSPS) is 10.9. The highest BCUT2D eigenvalue weighted by Crippen LogP contribution is 2.16. The number of hydrogen-bond donors (Lipinski definition) is 2. The third-order valence-electron chi connectivity index (χ3n) is 4.02. The zero-order chi connectivity index (χ0) is 19.7. The van der Waals surface area contributed by atoms with Gasteiger partial charge in [0.2, 0.25) is 11.7 Å². The summed E-state index contributed by atoms with van der Waals surface area (Å²) in [5.74, 6) is -1.16. The van der Waals surface area contributed by atoms with Crippen LogP contribution in [0, 0.1) is 11.6 Å². The first-order valence-electron chi connectivity index (χ1n) is 8.19. The van der Waals surface area contributed by atoms with Gasteiger partial charge in [-0.05, 0) is 53.9 Å². The number of hydrogen-bond acceptors (Lipinski definition) is 5. The van der Waals surface area contributed by atoms with Gasteiger partial charge in [0.25, 0.3) is 11.5 Å². The summed E-state index contributed by atoms with van der Waals surface area (Å²) in [4.78, 5) is 31.0. The van der Waals surface area contributed by atoms with Crippen LogP contribution in [0.25, 0.3) is 22.3 Å². The van der Waals surface area contributed by atoms with Crippen molar-refractivity contribution in [3.63, 3.8) is 0 Å². The summed E-state index contributed by atoms with van der Waals surface area (Å²) in [6.07, 6.45) is 0. The Morgan fingerprint density at radius 3 is 2.61 bits per heavy atom. The molecular formula is C19H12F2N4O3. The van der Waals surface area contributed by atoms with E-state index in [0.717, 1.165) is 0 Å². The van der Waals surface area contributed by atoms with Crippen molar-refractivity contribution in [2.45, 2.75) is 6.54 Å². The highest BCUT2D eigenvalue weighted by Gasteiger charge is 2.14. The predicted octanol–water partition coefficient (Wildman–Crippen LogP) is 2.79.